The zero-order valence-electron chi connectivity index (χ0n) is 17.9. The van der Waals surface area contributed by atoms with Gasteiger partial charge in [-0.15, -0.1) is 0 Å². The molecular formula is C25H27NO5S. The zero-order chi connectivity index (χ0) is 23.1. The molecule has 32 heavy (non-hydrogen) atoms. The molecule has 0 spiro atoms. The maximum absolute atomic E-state index is 12.4. The third kappa shape index (κ3) is 5.82. The van der Waals surface area contributed by atoms with E-state index in [1.165, 1.54) is 19.1 Å². The maximum Gasteiger partial charge on any atom is 0.337 e. The third-order valence-electron chi connectivity index (χ3n) is 5.33. The first-order valence-corrected chi connectivity index (χ1v) is 12.1. The van der Waals surface area contributed by atoms with Gasteiger partial charge in [-0.05, 0) is 47.4 Å². The number of carboxylic acids is 1. The van der Waals surface area contributed by atoms with Crippen LogP contribution in [0.5, 0.6) is 0 Å². The van der Waals surface area contributed by atoms with Gasteiger partial charge in [0, 0.05) is 6.54 Å². The summed E-state index contributed by atoms with van der Waals surface area (Å²) in [5.41, 5.74) is 3.22. The number of hydrogen-bond acceptors (Lipinski definition) is 5. The molecule has 0 aromatic heterocycles. The maximum atomic E-state index is 12.4. The van der Waals surface area contributed by atoms with Gasteiger partial charge >= 0.3 is 5.97 Å². The van der Waals surface area contributed by atoms with Gasteiger partial charge in [-0.25, -0.2) is 13.2 Å². The average Bonchev–Trinajstić information content (AvgIpc) is 2.82. The Hall–Kier alpha value is -3.00. The normalized spacial score (nSPS) is 12.4. The Kier molecular flexibility index (Phi) is 7.80. The van der Waals surface area contributed by atoms with E-state index in [1.54, 1.807) is 6.07 Å². The topological polar surface area (TPSA) is 104 Å². The van der Waals surface area contributed by atoms with Gasteiger partial charge in [0.2, 0.25) is 0 Å². The summed E-state index contributed by atoms with van der Waals surface area (Å²) in [5, 5.41) is 22.8. The van der Waals surface area contributed by atoms with Crippen molar-refractivity contribution in [2.45, 2.75) is 24.3 Å². The van der Waals surface area contributed by atoms with Crippen LogP contribution in [0.2, 0.25) is 0 Å². The van der Waals surface area contributed by atoms with Gasteiger partial charge < -0.3 is 15.5 Å². The summed E-state index contributed by atoms with van der Waals surface area (Å²) in [6.45, 7) is 2.66. The SMILES string of the molecule is CCS(=O)(=O)c1cc(-c2ccc(CCNC[C@@H](O)c3ccccc3)cc2)ccc1C(=O)O. The number of aliphatic hydroxyl groups is 1. The second-order valence-electron chi connectivity index (χ2n) is 7.50. The minimum Gasteiger partial charge on any atom is -0.478 e. The van der Waals surface area contributed by atoms with Crippen LogP contribution in [0.3, 0.4) is 0 Å². The van der Waals surface area contributed by atoms with E-state index in [1.807, 2.05) is 54.6 Å². The van der Waals surface area contributed by atoms with Gasteiger partial charge in [0.15, 0.2) is 9.84 Å². The second kappa shape index (κ2) is 10.5. The predicted octanol–water partition coefficient (Wildman–Crippen LogP) is 3.71. The van der Waals surface area contributed by atoms with Crippen LogP contribution in [0.15, 0.2) is 77.7 Å². The smallest absolute Gasteiger partial charge is 0.337 e. The van der Waals surface area contributed by atoms with Gasteiger partial charge in [0.25, 0.3) is 0 Å². The minimum absolute atomic E-state index is 0.157. The number of hydrogen-bond donors (Lipinski definition) is 3. The van der Waals surface area contributed by atoms with Crippen LogP contribution in [0.25, 0.3) is 11.1 Å². The fourth-order valence-electron chi connectivity index (χ4n) is 3.42. The summed E-state index contributed by atoms with van der Waals surface area (Å²) in [5.74, 6) is -1.43. The second-order valence-corrected chi connectivity index (χ2v) is 9.74. The molecule has 0 fully saturated rings. The molecule has 3 N–H and O–H groups in total. The van der Waals surface area contributed by atoms with E-state index in [0.29, 0.717) is 18.7 Å². The molecule has 3 rings (SSSR count). The van der Waals surface area contributed by atoms with Gasteiger partial charge in [0.1, 0.15) is 0 Å². The van der Waals surface area contributed by atoms with E-state index in [0.717, 1.165) is 23.1 Å². The van der Waals surface area contributed by atoms with Gasteiger partial charge in [-0.3, -0.25) is 0 Å². The fraction of sp³-hybridized carbons (Fsp3) is 0.240. The summed E-state index contributed by atoms with van der Waals surface area (Å²) in [6, 6.07) is 21.6. The molecular weight excluding hydrogens is 426 g/mol. The van der Waals surface area contributed by atoms with Crippen molar-refractivity contribution in [2.75, 3.05) is 18.8 Å². The fourth-order valence-corrected chi connectivity index (χ4v) is 4.53. The summed E-state index contributed by atoms with van der Waals surface area (Å²) in [7, 11) is -3.66. The molecule has 0 aliphatic heterocycles. The zero-order valence-corrected chi connectivity index (χ0v) is 18.7. The highest BCUT2D eigenvalue weighted by atomic mass is 32.2. The van der Waals surface area contributed by atoms with Crippen molar-refractivity contribution >= 4 is 15.8 Å². The van der Waals surface area contributed by atoms with Crippen molar-refractivity contribution < 1.29 is 23.4 Å². The summed E-state index contributed by atoms with van der Waals surface area (Å²) in [4.78, 5) is 11.3. The molecule has 3 aromatic rings. The van der Waals surface area contributed by atoms with Crippen LogP contribution in [-0.4, -0.2) is 43.4 Å². The number of nitrogens with one attached hydrogen (secondary N) is 1. The molecule has 0 radical (unpaired) electrons. The Labute approximate surface area is 188 Å². The van der Waals surface area contributed by atoms with Crippen LogP contribution in [0, 0.1) is 0 Å². The molecule has 0 aliphatic carbocycles. The van der Waals surface area contributed by atoms with Crippen molar-refractivity contribution in [2.24, 2.45) is 0 Å². The van der Waals surface area contributed by atoms with E-state index in [9.17, 15) is 23.4 Å². The van der Waals surface area contributed by atoms with E-state index < -0.39 is 21.9 Å². The molecule has 0 aliphatic rings. The Morgan fingerprint density at radius 2 is 1.62 bits per heavy atom. The lowest BCUT2D eigenvalue weighted by Gasteiger charge is -2.12. The summed E-state index contributed by atoms with van der Waals surface area (Å²) < 4.78 is 24.7. The van der Waals surface area contributed by atoms with Gasteiger partial charge in [-0.2, -0.15) is 0 Å². The molecule has 7 heteroatoms. The molecule has 3 aromatic carbocycles. The molecule has 0 saturated carbocycles. The monoisotopic (exact) mass is 453 g/mol. The first-order chi connectivity index (χ1) is 15.3. The van der Waals surface area contributed by atoms with Crippen LogP contribution in [0.4, 0.5) is 0 Å². The third-order valence-corrected chi connectivity index (χ3v) is 7.09. The van der Waals surface area contributed by atoms with Crippen LogP contribution < -0.4 is 5.32 Å². The van der Waals surface area contributed by atoms with Crippen molar-refractivity contribution in [3.05, 3.63) is 89.5 Å². The molecule has 0 saturated heterocycles. The minimum atomic E-state index is -3.66. The van der Waals surface area contributed by atoms with E-state index in [-0.39, 0.29) is 16.2 Å². The standard InChI is InChI=1S/C25H27NO5S/c1-2-32(30,31)24-16-21(12-13-22(24)25(28)29)19-10-8-18(9-11-19)14-15-26-17-23(27)20-6-4-3-5-7-20/h3-13,16,23,26-27H,2,14-15,17H2,1H3,(H,28,29)/t23-/m1/s1. The van der Waals surface area contributed by atoms with Crippen molar-refractivity contribution in [1.29, 1.82) is 0 Å². The molecule has 168 valence electrons. The Morgan fingerprint density at radius 3 is 2.25 bits per heavy atom. The number of aromatic carboxylic acids is 1. The van der Waals surface area contributed by atoms with Crippen LogP contribution in [0.1, 0.15) is 34.5 Å². The number of sulfone groups is 1. The molecule has 1 atom stereocenters. The summed E-state index contributed by atoms with van der Waals surface area (Å²) in [6.07, 6.45) is 0.218. The lowest BCUT2D eigenvalue weighted by Crippen LogP contribution is -2.23. The lowest BCUT2D eigenvalue weighted by molar-refractivity contribution is 0.0692. The largest absolute Gasteiger partial charge is 0.478 e. The number of rotatable bonds is 10. The van der Waals surface area contributed by atoms with Crippen LogP contribution in [-0.2, 0) is 16.3 Å². The molecule has 6 nitrogen and oxygen atoms in total. The Bertz CT molecular complexity index is 1160. The van der Waals surface area contributed by atoms with Crippen molar-refractivity contribution in [3.8, 4) is 11.1 Å². The number of carbonyl (C=O) groups is 1. The first kappa shape index (κ1) is 23.7. The quantitative estimate of drug-likeness (QED) is 0.404. The Balaban J connectivity index is 1.64. The predicted molar refractivity (Wildman–Crippen MR) is 125 cm³/mol. The highest BCUT2D eigenvalue weighted by molar-refractivity contribution is 7.91. The number of benzene rings is 3. The molecule has 0 bridgehead atoms. The first-order valence-electron chi connectivity index (χ1n) is 10.4. The number of carboxylic acid groups (broad SMARTS) is 1. The van der Waals surface area contributed by atoms with Gasteiger partial charge in [-0.1, -0.05) is 67.6 Å². The van der Waals surface area contributed by atoms with Crippen molar-refractivity contribution in [3.63, 3.8) is 0 Å². The molecule has 0 unspecified atom stereocenters. The van der Waals surface area contributed by atoms with E-state index in [4.69, 9.17) is 0 Å². The van der Waals surface area contributed by atoms with E-state index in [2.05, 4.69) is 5.32 Å². The van der Waals surface area contributed by atoms with Crippen molar-refractivity contribution in [1.82, 2.24) is 5.32 Å². The average molecular weight is 454 g/mol. The highest BCUT2D eigenvalue weighted by Gasteiger charge is 2.21. The van der Waals surface area contributed by atoms with E-state index >= 15 is 0 Å². The van der Waals surface area contributed by atoms with Gasteiger partial charge in [0.05, 0.1) is 22.3 Å². The molecule has 0 amide bonds. The highest BCUT2D eigenvalue weighted by Crippen LogP contribution is 2.27. The molecule has 0 heterocycles. The number of aliphatic hydroxyl groups excluding tert-OH is 1. The Morgan fingerprint density at radius 1 is 0.969 bits per heavy atom. The summed E-state index contributed by atoms with van der Waals surface area (Å²) >= 11 is 0. The lowest BCUT2D eigenvalue weighted by atomic mass is 10.0. The van der Waals surface area contributed by atoms with Crippen LogP contribution >= 0.6 is 0 Å².